The zero-order valence-corrected chi connectivity index (χ0v) is 23.6. The normalized spacial score (nSPS) is 13.6. The molecule has 8 nitrogen and oxygen atoms in total. The summed E-state index contributed by atoms with van der Waals surface area (Å²) < 4.78 is 47.6. The van der Waals surface area contributed by atoms with Gasteiger partial charge in [-0.1, -0.05) is 18.2 Å². The molecule has 0 saturated heterocycles. The number of hydrogen-bond donors (Lipinski definition) is 2. The van der Waals surface area contributed by atoms with Crippen LogP contribution in [0.4, 0.5) is 10.1 Å². The van der Waals surface area contributed by atoms with Gasteiger partial charge in [0.25, 0.3) is 0 Å². The average Bonchev–Trinajstić information content (AvgIpc) is 3.63. The number of sulfonamides is 1. The Morgan fingerprint density at radius 3 is 2.60 bits per heavy atom. The molecule has 6 rings (SSSR count). The van der Waals surface area contributed by atoms with Crippen molar-refractivity contribution in [2.45, 2.75) is 39.2 Å². The number of H-pyrrole nitrogens is 1. The predicted molar refractivity (Wildman–Crippen MR) is 155 cm³/mol. The Morgan fingerprint density at radius 2 is 1.90 bits per heavy atom. The lowest BCUT2D eigenvalue weighted by atomic mass is 9.97. The van der Waals surface area contributed by atoms with Crippen LogP contribution in [0, 0.1) is 19.7 Å². The van der Waals surface area contributed by atoms with Crippen molar-refractivity contribution in [3.05, 3.63) is 83.2 Å². The first-order chi connectivity index (χ1) is 19.1. The van der Waals surface area contributed by atoms with Crippen molar-refractivity contribution in [3.63, 3.8) is 0 Å². The van der Waals surface area contributed by atoms with E-state index in [1.165, 1.54) is 19.2 Å². The van der Waals surface area contributed by atoms with E-state index in [-0.39, 0.29) is 5.82 Å². The molecule has 1 fully saturated rings. The van der Waals surface area contributed by atoms with Gasteiger partial charge in [-0.05, 0) is 74.1 Å². The second kappa shape index (κ2) is 9.78. The number of rotatable bonds is 8. The van der Waals surface area contributed by atoms with E-state index in [0.717, 1.165) is 75.0 Å². The molecule has 2 N–H and O–H groups in total. The monoisotopic (exact) mass is 559 g/mol. The van der Waals surface area contributed by atoms with Crippen LogP contribution in [-0.2, 0) is 16.6 Å². The van der Waals surface area contributed by atoms with Crippen molar-refractivity contribution in [2.75, 3.05) is 18.1 Å². The van der Waals surface area contributed by atoms with Crippen molar-refractivity contribution in [1.29, 1.82) is 0 Å². The van der Waals surface area contributed by atoms with Gasteiger partial charge in [0.2, 0.25) is 10.0 Å². The lowest BCUT2D eigenvalue weighted by Crippen LogP contribution is -2.10. The predicted octanol–water partition coefficient (Wildman–Crippen LogP) is 6.16. The highest BCUT2D eigenvalue weighted by Gasteiger charge is 2.32. The molecule has 1 aliphatic rings. The Bertz CT molecular complexity index is 1870. The molecule has 0 aliphatic heterocycles. The van der Waals surface area contributed by atoms with Gasteiger partial charge in [0.1, 0.15) is 17.2 Å². The lowest BCUT2D eigenvalue weighted by Gasteiger charge is -2.12. The molecule has 5 aromatic rings. The fraction of sp³-hybridized carbons (Fsp3) is 0.267. The van der Waals surface area contributed by atoms with Gasteiger partial charge in [-0.25, -0.2) is 17.8 Å². The maximum absolute atomic E-state index is 13.8. The van der Waals surface area contributed by atoms with Crippen LogP contribution in [0.5, 0.6) is 5.75 Å². The van der Waals surface area contributed by atoms with Gasteiger partial charge < -0.3 is 9.72 Å². The highest BCUT2D eigenvalue weighted by Crippen LogP contribution is 2.48. The molecule has 2 aromatic carbocycles. The molecular weight excluding hydrogens is 529 g/mol. The highest BCUT2D eigenvalue weighted by molar-refractivity contribution is 7.92. The van der Waals surface area contributed by atoms with Gasteiger partial charge >= 0.3 is 0 Å². The Kier molecular flexibility index (Phi) is 6.37. The van der Waals surface area contributed by atoms with Gasteiger partial charge in [-0.2, -0.15) is 5.10 Å². The first-order valence-corrected chi connectivity index (χ1v) is 15.0. The highest BCUT2D eigenvalue weighted by atomic mass is 32.2. The molecule has 0 radical (unpaired) electrons. The fourth-order valence-electron chi connectivity index (χ4n) is 5.38. The number of ether oxygens (including phenoxy) is 1. The molecule has 0 unspecified atom stereocenters. The minimum absolute atomic E-state index is 0.265. The van der Waals surface area contributed by atoms with Crippen LogP contribution in [-0.4, -0.2) is 41.5 Å². The number of methoxy groups -OCH3 is 1. The number of pyridine rings is 1. The number of anilines is 1. The first-order valence-electron chi connectivity index (χ1n) is 13.1. The van der Waals surface area contributed by atoms with Crippen LogP contribution in [0.2, 0.25) is 0 Å². The van der Waals surface area contributed by atoms with Crippen LogP contribution in [0.25, 0.3) is 33.3 Å². The van der Waals surface area contributed by atoms with Crippen LogP contribution in [0.3, 0.4) is 0 Å². The van der Waals surface area contributed by atoms with Gasteiger partial charge in [-0.3, -0.25) is 9.40 Å². The second-order valence-corrected chi connectivity index (χ2v) is 12.2. The smallest absolute Gasteiger partial charge is 0.229 e. The summed E-state index contributed by atoms with van der Waals surface area (Å²) in [6.45, 7) is 4.52. The van der Waals surface area contributed by atoms with E-state index < -0.39 is 10.0 Å². The summed E-state index contributed by atoms with van der Waals surface area (Å²) in [5.74, 6) is 0.599. The van der Waals surface area contributed by atoms with Gasteiger partial charge in [0, 0.05) is 39.7 Å². The summed E-state index contributed by atoms with van der Waals surface area (Å²) in [6, 6.07) is 14.1. The zero-order chi connectivity index (χ0) is 28.2. The van der Waals surface area contributed by atoms with Gasteiger partial charge in [0.15, 0.2) is 0 Å². The summed E-state index contributed by atoms with van der Waals surface area (Å²) in [5, 5.41) is 5.82. The molecule has 40 heavy (non-hydrogen) atoms. The molecule has 10 heteroatoms. The number of aromatic nitrogens is 4. The largest absolute Gasteiger partial charge is 0.495 e. The third kappa shape index (κ3) is 4.95. The summed E-state index contributed by atoms with van der Waals surface area (Å²) in [5.41, 5.74) is 8.85. The van der Waals surface area contributed by atoms with E-state index in [9.17, 15) is 12.8 Å². The van der Waals surface area contributed by atoms with Crippen molar-refractivity contribution in [2.24, 2.45) is 0 Å². The number of hydrogen-bond acceptors (Lipinski definition) is 5. The first kappa shape index (κ1) is 26.1. The maximum Gasteiger partial charge on any atom is 0.229 e. The second-order valence-electron chi connectivity index (χ2n) is 10.4. The van der Waals surface area contributed by atoms with Gasteiger partial charge in [0.05, 0.1) is 31.3 Å². The van der Waals surface area contributed by atoms with Gasteiger partial charge in [-0.15, -0.1) is 0 Å². The van der Waals surface area contributed by atoms with E-state index in [2.05, 4.69) is 15.8 Å². The quantitative estimate of drug-likeness (QED) is 0.237. The summed E-state index contributed by atoms with van der Waals surface area (Å²) >= 11 is 0. The minimum atomic E-state index is -3.50. The number of aromatic amines is 1. The molecule has 0 spiro atoms. The standard InChI is InChI=1S/C30H30FN5O3S/c1-17-27(18(2)36(34-17)16-19-6-5-7-23(31)12-19)28-24-13-22(15-32-30(24)33-29(28)20-8-9-20)21-10-11-26(39-3)25(14-21)35-40(4,37)38/h5-7,10-15,20,35H,8-9,16H2,1-4H3,(H,32,33). The lowest BCUT2D eigenvalue weighted by molar-refractivity contribution is 0.417. The SMILES string of the molecule is COc1ccc(-c2cnc3[nH]c(C4CC4)c(-c4c(C)nn(Cc5cccc(F)c5)c4C)c3c2)cc1NS(C)(=O)=O. The summed E-state index contributed by atoms with van der Waals surface area (Å²) in [4.78, 5) is 8.35. The van der Waals surface area contributed by atoms with Crippen LogP contribution in [0.15, 0.2) is 54.7 Å². The third-order valence-corrected chi connectivity index (χ3v) is 7.94. The molecule has 0 atom stereocenters. The van der Waals surface area contributed by atoms with E-state index >= 15 is 0 Å². The maximum atomic E-state index is 13.8. The molecule has 0 bridgehead atoms. The Morgan fingerprint density at radius 1 is 1.10 bits per heavy atom. The molecule has 3 aromatic heterocycles. The number of nitrogens with one attached hydrogen (secondary N) is 2. The molecule has 1 saturated carbocycles. The minimum Gasteiger partial charge on any atom is -0.495 e. The van der Waals surface area contributed by atoms with E-state index in [1.54, 1.807) is 24.4 Å². The van der Waals surface area contributed by atoms with E-state index in [4.69, 9.17) is 14.8 Å². The Labute approximate surface area is 232 Å². The van der Waals surface area contributed by atoms with Crippen LogP contribution >= 0.6 is 0 Å². The number of benzene rings is 2. The van der Waals surface area contributed by atoms with Crippen molar-refractivity contribution in [1.82, 2.24) is 19.7 Å². The molecule has 1 aliphatic carbocycles. The average molecular weight is 560 g/mol. The third-order valence-electron chi connectivity index (χ3n) is 7.35. The molecule has 0 amide bonds. The fourth-order valence-corrected chi connectivity index (χ4v) is 5.94. The van der Waals surface area contributed by atoms with Crippen molar-refractivity contribution >= 4 is 26.7 Å². The summed E-state index contributed by atoms with van der Waals surface area (Å²) in [6.07, 6.45) is 5.12. The summed E-state index contributed by atoms with van der Waals surface area (Å²) in [7, 11) is -2.00. The van der Waals surface area contributed by atoms with Crippen molar-refractivity contribution < 1.29 is 17.5 Å². The molecule has 3 heterocycles. The topological polar surface area (TPSA) is 102 Å². The van der Waals surface area contributed by atoms with Crippen LogP contribution < -0.4 is 9.46 Å². The number of fused-ring (bicyclic) bond motifs is 1. The Hall–Kier alpha value is -4.18. The molecular formula is C30H30FN5O3S. The van der Waals surface area contributed by atoms with E-state index in [1.807, 2.05) is 30.7 Å². The number of aryl methyl sites for hydroxylation is 1. The van der Waals surface area contributed by atoms with Crippen molar-refractivity contribution in [3.8, 4) is 28.0 Å². The number of halogens is 1. The Balaban J connectivity index is 1.48. The van der Waals surface area contributed by atoms with Crippen LogP contribution in [0.1, 0.15) is 41.4 Å². The molecule has 206 valence electrons. The van der Waals surface area contributed by atoms with E-state index in [0.29, 0.717) is 23.9 Å². The number of nitrogens with zero attached hydrogens (tertiary/aromatic N) is 3. The zero-order valence-electron chi connectivity index (χ0n) is 22.7.